The first-order valence-corrected chi connectivity index (χ1v) is 14.9. The number of halogens is 3. The van der Waals surface area contributed by atoms with Crippen molar-refractivity contribution in [3.8, 4) is 0 Å². The Morgan fingerprint density at radius 1 is 0.791 bits per heavy atom. The molecule has 43 heavy (non-hydrogen) atoms. The van der Waals surface area contributed by atoms with Gasteiger partial charge in [0, 0.05) is 78.5 Å². The fraction of sp³-hybridized carbons (Fsp3) is 0.576. The minimum Gasteiger partial charge on any atom is -0.392 e. The number of anilines is 4. The standard InChI is InChI=1S/C33H43F3N4O3/c1-15-27(19-11-21-25(13-23(19)37-18(4)41)39(9)16(2)31(21,5)6)29(42)28(15)20-12-22-26(40(10)17(3)32(22,7)8)14-24(20)38-30(43)33(34,35)36/h11-17,27-29,42H,1-10H3,(H,37,41)(H,38,43). The third kappa shape index (κ3) is 4.59. The van der Waals surface area contributed by atoms with Gasteiger partial charge in [-0.2, -0.15) is 13.2 Å². The summed E-state index contributed by atoms with van der Waals surface area (Å²) in [5, 5.41) is 16.9. The minimum atomic E-state index is -5.06. The highest BCUT2D eigenvalue weighted by Gasteiger charge is 2.53. The third-order valence-electron chi connectivity index (χ3n) is 11.1. The van der Waals surface area contributed by atoms with Crippen molar-refractivity contribution in [3.63, 3.8) is 0 Å². The van der Waals surface area contributed by atoms with Crippen LogP contribution in [0.2, 0.25) is 0 Å². The summed E-state index contributed by atoms with van der Waals surface area (Å²) in [5.41, 5.74) is 5.31. The molecule has 1 fully saturated rings. The Kier molecular flexibility index (Phi) is 7.16. The smallest absolute Gasteiger partial charge is 0.392 e. The fourth-order valence-corrected chi connectivity index (χ4v) is 7.67. The SMILES string of the molecule is CC(=O)Nc1cc2c(cc1C1C(C)C(c3cc4c(cc3NC(=O)C(F)(F)F)N(C)C(C)C4(C)C)C1O)C(C)(C)C(C)N2C. The van der Waals surface area contributed by atoms with Crippen molar-refractivity contribution < 1.29 is 27.9 Å². The van der Waals surface area contributed by atoms with Crippen molar-refractivity contribution in [2.45, 2.75) is 102 Å². The number of nitrogens with one attached hydrogen (secondary N) is 2. The van der Waals surface area contributed by atoms with Gasteiger partial charge in [-0.25, -0.2) is 0 Å². The molecule has 5 rings (SSSR count). The van der Waals surface area contributed by atoms with Crippen LogP contribution >= 0.6 is 0 Å². The molecule has 2 heterocycles. The van der Waals surface area contributed by atoms with Crippen LogP contribution in [0.4, 0.5) is 35.9 Å². The van der Waals surface area contributed by atoms with Crippen LogP contribution in [0.25, 0.3) is 0 Å². The van der Waals surface area contributed by atoms with E-state index in [-0.39, 0.29) is 46.3 Å². The lowest BCUT2D eigenvalue weighted by atomic mass is 9.57. The van der Waals surface area contributed by atoms with Gasteiger partial charge in [-0.05, 0) is 54.2 Å². The molecule has 0 saturated heterocycles. The summed E-state index contributed by atoms with van der Waals surface area (Å²) < 4.78 is 40.2. The van der Waals surface area contributed by atoms with Crippen molar-refractivity contribution in [3.05, 3.63) is 46.5 Å². The number of amides is 2. The van der Waals surface area contributed by atoms with Crippen LogP contribution in [0.1, 0.15) is 89.5 Å². The van der Waals surface area contributed by atoms with Crippen molar-refractivity contribution in [2.24, 2.45) is 5.92 Å². The molecule has 3 aliphatic rings. The number of fused-ring (bicyclic) bond motifs is 2. The largest absolute Gasteiger partial charge is 0.471 e. The van der Waals surface area contributed by atoms with Crippen LogP contribution in [-0.4, -0.2) is 55.4 Å². The number of benzene rings is 2. The van der Waals surface area contributed by atoms with Crippen LogP contribution < -0.4 is 20.4 Å². The number of carbonyl (C=O) groups is 2. The summed E-state index contributed by atoms with van der Waals surface area (Å²) in [6.45, 7) is 16.1. The summed E-state index contributed by atoms with van der Waals surface area (Å²) in [5.74, 6) is -3.42. The van der Waals surface area contributed by atoms with Crippen molar-refractivity contribution >= 4 is 34.6 Å². The highest BCUT2D eigenvalue weighted by molar-refractivity contribution is 5.97. The quantitative estimate of drug-likeness (QED) is 0.386. The topological polar surface area (TPSA) is 84.9 Å². The number of hydrogen-bond acceptors (Lipinski definition) is 5. The van der Waals surface area contributed by atoms with E-state index in [4.69, 9.17) is 0 Å². The van der Waals surface area contributed by atoms with Gasteiger partial charge >= 0.3 is 12.1 Å². The summed E-state index contributed by atoms with van der Waals surface area (Å²) >= 11 is 0. The van der Waals surface area contributed by atoms with Crippen LogP contribution in [0, 0.1) is 5.92 Å². The molecule has 2 aromatic carbocycles. The molecule has 7 nitrogen and oxygen atoms in total. The Morgan fingerprint density at radius 2 is 1.19 bits per heavy atom. The average Bonchev–Trinajstić information content (AvgIpc) is 3.17. The monoisotopic (exact) mass is 600 g/mol. The molecule has 0 spiro atoms. The average molecular weight is 601 g/mol. The second-order valence-corrected chi connectivity index (χ2v) is 14.0. The molecule has 0 bridgehead atoms. The Morgan fingerprint density at radius 3 is 1.53 bits per heavy atom. The molecular formula is C33H43F3N4O3. The van der Waals surface area contributed by atoms with Gasteiger partial charge in [0.15, 0.2) is 0 Å². The predicted molar refractivity (Wildman–Crippen MR) is 164 cm³/mol. The van der Waals surface area contributed by atoms with E-state index in [1.165, 1.54) is 6.92 Å². The Labute approximate surface area is 251 Å². The summed E-state index contributed by atoms with van der Waals surface area (Å²) in [4.78, 5) is 28.6. The lowest BCUT2D eigenvalue weighted by Crippen LogP contribution is -2.47. The first-order valence-electron chi connectivity index (χ1n) is 14.9. The van der Waals surface area contributed by atoms with Crippen molar-refractivity contribution in [1.29, 1.82) is 0 Å². The highest BCUT2D eigenvalue weighted by Crippen LogP contribution is 2.59. The zero-order valence-corrected chi connectivity index (χ0v) is 26.6. The van der Waals surface area contributed by atoms with E-state index in [1.807, 2.05) is 38.1 Å². The zero-order valence-electron chi connectivity index (χ0n) is 26.6. The van der Waals surface area contributed by atoms with Crippen LogP contribution in [0.5, 0.6) is 0 Å². The zero-order chi connectivity index (χ0) is 32.1. The van der Waals surface area contributed by atoms with Gasteiger partial charge in [0.2, 0.25) is 5.91 Å². The molecule has 3 N–H and O–H groups in total. The van der Waals surface area contributed by atoms with Crippen LogP contribution in [0.3, 0.4) is 0 Å². The van der Waals surface area contributed by atoms with E-state index in [9.17, 15) is 27.9 Å². The Bertz CT molecular complexity index is 1490. The number of rotatable bonds is 4. The molecule has 6 atom stereocenters. The van der Waals surface area contributed by atoms with E-state index in [1.54, 1.807) is 6.07 Å². The van der Waals surface area contributed by atoms with Crippen molar-refractivity contribution in [2.75, 3.05) is 34.5 Å². The maximum Gasteiger partial charge on any atom is 0.471 e. The fourth-order valence-electron chi connectivity index (χ4n) is 7.67. The molecule has 2 amide bonds. The predicted octanol–water partition coefficient (Wildman–Crippen LogP) is 6.26. The number of alkyl halides is 3. The molecule has 1 aliphatic carbocycles. The second kappa shape index (κ2) is 9.87. The van der Waals surface area contributed by atoms with Gasteiger partial charge in [-0.1, -0.05) is 46.8 Å². The highest BCUT2D eigenvalue weighted by atomic mass is 19.4. The van der Waals surface area contributed by atoms with Gasteiger partial charge < -0.3 is 25.5 Å². The Hall–Kier alpha value is -3.27. The summed E-state index contributed by atoms with van der Waals surface area (Å²) in [6.07, 6.45) is -6.02. The number of aliphatic hydroxyl groups excluding tert-OH is 1. The summed E-state index contributed by atoms with van der Waals surface area (Å²) in [6, 6.07) is 7.80. The molecule has 10 heteroatoms. The molecule has 2 aliphatic heterocycles. The first kappa shape index (κ1) is 31.2. The number of hydrogen-bond donors (Lipinski definition) is 3. The van der Waals surface area contributed by atoms with Crippen LogP contribution in [0.15, 0.2) is 24.3 Å². The first-order chi connectivity index (χ1) is 19.7. The maximum atomic E-state index is 13.4. The molecular weight excluding hydrogens is 557 g/mol. The molecule has 6 unspecified atom stereocenters. The maximum absolute atomic E-state index is 13.4. The lowest BCUT2D eigenvalue weighted by molar-refractivity contribution is -0.167. The number of carbonyl (C=O) groups excluding carboxylic acids is 2. The van der Waals surface area contributed by atoms with Gasteiger partial charge in [0.1, 0.15) is 0 Å². The second-order valence-electron chi connectivity index (χ2n) is 14.0. The van der Waals surface area contributed by atoms with Crippen molar-refractivity contribution in [1.82, 2.24) is 0 Å². The molecule has 234 valence electrons. The Balaban J connectivity index is 1.61. The molecule has 1 saturated carbocycles. The van der Waals surface area contributed by atoms with Crippen LogP contribution in [-0.2, 0) is 20.4 Å². The van der Waals surface area contributed by atoms with Gasteiger partial charge in [-0.15, -0.1) is 0 Å². The summed E-state index contributed by atoms with van der Waals surface area (Å²) in [7, 11) is 3.91. The lowest BCUT2D eigenvalue weighted by Gasteiger charge is -2.50. The number of likely N-dealkylation sites (N-methyl/N-ethyl adjacent to an activating group) is 2. The van der Waals surface area contributed by atoms with Gasteiger partial charge in [0.05, 0.1) is 6.10 Å². The minimum absolute atomic E-state index is 0.0554. The van der Waals surface area contributed by atoms with Gasteiger partial charge in [0.25, 0.3) is 0 Å². The van der Waals surface area contributed by atoms with E-state index in [0.29, 0.717) is 11.3 Å². The molecule has 2 aromatic rings. The van der Waals surface area contributed by atoms with E-state index >= 15 is 0 Å². The third-order valence-corrected chi connectivity index (χ3v) is 11.1. The van der Waals surface area contributed by atoms with E-state index < -0.39 is 24.1 Å². The molecule has 0 radical (unpaired) electrons. The molecule has 0 aromatic heterocycles. The number of aliphatic hydroxyl groups is 1. The normalized spacial score (nSPS) is 28.7. The van der Waals surface area contributed by atoms with E-state index in [0.717, 1.165) is 28.1 Å². The number of nitrogens with zero attached hydrogens (tertiary/aromatic N) is 2. The van der Waals surface area contributed by atoms with Gasteiger partial charge in [-0.3, -0.25) is 9.59 Å². The van der Waals surface area contributed by atoms with E-state index in [2.05, 4.69) is 63.1 Å².